The molecular weight excluding hydrogens is 440 g/mol. The molecule has 0 bridgehead atoms. The van der Waals surface area contributed by atoms with E-state index in [1.165, 1.54) is 24.3 Å². The number of hydrogen-bond acceptors (Lipinski definition) is 6. The van der Waals surface area contributed by atoms with Crippen molar-refractivity contribution in [2.75, 3.05) is 44.6 Å². The Morgan fingerprint density at radius 2 is 1.71 bits per heavy atom. The zero-order valence-corrected chi connectivity index (χ0v) is 18.9. The van der Waals surface area contributed by atoms with E-state index >= 15 is 0 Å². The van der Waals surface area contributed by atoms with Gasteiger partial charge in [0.25, 0.3) is 0 Å². The number of halogens is 1. The summed E-state index contributed by atoms with van der Waals surface area (Å²) in [6.07, 6.45) is 0. The molecule has 2 aromatic carbocycles. The SMILES string of the molecule is C[C@@H](C(=O)Nc1ccc(S(N)(=O)=O)cc1)N1CCN(CCOc2ccc(Cl)cc2)CC1. The van der Waals surface area contributed by atoms with Crippen molar-refractivity contribution in [3.05, 3.63) is 53.6 Å². The standard InChI is InChI=1S/C21H27ClN4O4S/c1-16(21(27)24-18-4-8-20(9-5-18)31(23,28)29)26-12-10-25(11-13-26)14-15-30-19-6-2-17(22)3-7-19/h2-9,16H,10-15H2,1H3,(H,24,27)(H2,23,28,29)/t16-/m0/s1. The van der Waals surface area contributed by atoms with Gasteiger partial charge in [0.1, 0.15) is 12.4 Å². The molecule has 1 fully saturated rings. The first kappa shape index (κ1) is 23.5. The average molecular weight is 467 g/mol. The van der Waals surface area contributed by atoms with Gasteiger partial charge in [-0.25, -0.2) is 13.6 Å². The van der Waals surface area contributed by atoms with Crippen LogP contribution in [-0.4, -0.2) is 69.5 Å². The molecule has 1 heterocycles. The summed E-state index contributed by atoms with van der Waals surface area (Å²) in [5.41, 5.74) is 0.530. The fraction of sp³-hybridized carbons (Fsp3) is 0.381. The van der Waals surface area contributed by atoms with Gasteiger partial charge in [0, 0.05) is 43.4 Å². The second-order valence-electron chi connectivity index (χ2n) is 7.41. The second kappa shape index (κ2) is 10.4. The Bertz CT molecular complexity index is 975. The highest BCUT2D eigenvalue weighted by atomic mass is 35.5. The van der Waals surface area contributed by atoms with Crippen LogP contribution in [0, 0.1) is 0 Å². The lowest BCUT2D eigenvalue weighted by molar-refractivity contribution is -0.121. The van der Waals surface area contributed by atoms with E-state index in [0.717, 1.165) is 38.5 Å². The predicted octanol–water partition coefficient (Wildman–Crippen LogP) is 2.01. The molecule has 2 aromatic rings. The third-order valence-electron chi connectivity index (χ3n) is 5.27. The Balaban J connectivity index is 1.41. The highest BCUT2D eigenvalue weighted by Crippen LogP contribution is 2.16. The number of sulfonamides is 1. The van der Waals surface area contributed by atoms with Crippen LogP contribution in [0.4, 0.5) is 5.69 Å². The van der Waals surface area contributed by atoms with E-state index in [1.807, 2.05) is 19.1 Å². The summed E-state index contributed by atoms with van der Waals surface area (Å²) in [6.45, 7) is 6.53. The number of primary sulfonamides is 1. The molecule has 1 saturated heterocycles. The van der Waals surface area contributed by atoms with Crippen LogP contribution in [0.15, 0.2) is 53.4 Å². The molecule has 3 rings (SSSR count). The molecular formula is C21H27ClN4O4S. The maximum atomic E-state index is 12.6. The van der Waals surface area contributed by atoms with Crippen LogP contribution in [0.2, 0.25) is 5.02 Å². The van der Waals surface area contributed by atoms with Gasteiger partial charge in [-0.05, 0) is 55.5 Å². The smallest absolute Gasteiger partial charge is 0.241 e. The maximum absolute atomic E-state index is 12.6. The number of ether oxygens (including phenoxy) is 1. The Kier molecular flexibility index (Phi) is 7.90. The minimum absolute atomic E-state index is 0.00899. The van der Waals surface area contributed by atoms with Crippen molar-refractivity contribution >= 4 is 33.2 Å². The number of anilines is 1. The van der Waals surface area contributed by atoms with E-state index in [0.29, 0.717) is 17.3 Å². The molecule has 8 nitrogen and oxygen atoms in total. The largest absolute Gasteiger partial charge is 0.492 e. The Hall–Kier alpha value is -2.17. The number of hydrogen-bond donors (Lipinski definition) is 2. The molecule has 0 saturated carbocycles. The fourth-order valence-electron chi connectivity index (χ4n) is 3.34. The van der Waals surface area contributed by atoms with Gasteiger partial charge in [-0.2, -0.15) is 0 Å². The summed E-state index contributed by atoms with van der Waals surface area (Å²) in [5, 5.41) is 8.60. The van der Waals surface area contributed by atoms with Crippen molar-refractivity contribution in [3.8, 4) is 5.75 Å². The van der Waals surface area contributed by atoms with Crippen molar-refractivity contribution in [3.63, 3.8) is 0 Å². The third-order valence-corrected chi connectivity index (χ3v) is 6.46. The van der Waals surface area contributed by atoms with Crippen LogP contribution in [0.3, 0.4) is 0 Å². The number of nitrogens with zero attached hydrogens (tertiary/aromatic N) is 2. The van der Waals surface area contributed by atoms with Gasteiger partial charge in [-0.3, -0.25) is 14.6 Å². The quantitative estimate of drug-likeness (QED) is 0.616. The first-order valence-corrected chi connectivity index (χ1v) is 11.9. The molecule has 0 spiro atoms. The Morgan fingerprint density at radius 3 is 2.29 bits per heavy atom. The summed E-state index contributed by atoms with van der Waals surface area (Å²) in [5.74, 6) is 0.660. The lowest BCUT2D eigenvalue weighted by Gasteiger charge is -2.37. The van der Waals surface area contributed by atoms with Crippen molar-refractivity contribution in [2.24, 2.45) is 5.14 Å². The van der Waals surface area contributed by atoms with Crippen LogP contribution in [-0.2, 0) is 14.8 Å². The van der Waals surface area contributed by atoms with Gasteiger partial charge in [0.05, 0.1) is 10.9 Å². The van der Waals surface area contributed by atoms with Gasteiger partial charge in [0.2, 0.25) is 15.9 Å². The zero-order valence-electron chi connectivity index (χ0n) is 17.3. The molecule has 1 aliphatic heterocycles. The summed E-state index contributed by atoms with van der Waals surface area (Å²) in [4.78, 5) is 17.0. The zero-order chi connectivity index (χ0) is 22.4. The molecule has 168 valence electrons. The Morgan fingerprint density at radius 1 is 1.10 bits per heavy atom. The predicted molar refractivity (Wildman–Crippen MR) is 121 cm³/mol. The van der Waals surface area contributed by atoms with Gasteiger partial charge in [-0.15, -0.1) is 0 Å². The molecule has 1 atom stereocenters. The highest BCUT2D eigenvalue weighted by molar-refractivity contribution is 7.89. The molecule has 3 N–H and O–H groups in total. The van der Waals surface area contributed by atoms with Crippen molar-refractivity contribution < 1.29 is 17.9 Å². The molecule has 0 aromatic heterocycles. The van der Waals surface area contributed by atoms with Crippen molar-refractivity contribution in [2.45, 2.75) is 17.9 Å². The minimum Gasteiger partial charge on any atom is -0.492 e. The van der Waals surface area contributed by atoms with E-state index < -0.39 is 10.0 Å². The number of nitrogens with two attached hydrogens (primary N) is 1. The number of carbonyl (C=O) groups is 1. The van der Waals surface area contributed by atoms with Crippen LogP contribution in [0.5, 0.6) is 5.75 Å². The van der Waals surface area contributed by atoms with E-state index in [1.54, 1.807) is 12.1 Å². The van der Waals surface area contributed by atoms with Gasteiger partial charge in [-0.1, -0.05) is 11.6 Å². The number of piperazine rings is 1. The van der Waals surface area contributed by atoms with Gasteiger partial charge < -0.3 is 10.1 Å². The summed E-state index contributed by atoms with van der Waals surface area (Å²) < 4.78 is 28.4. The molecule has 1 aliphatic rings. The number of benzene rings is 2. The van der Waals surface area contributed by atoms with Crippen LogP contribution in [0.1, 0.15) is 6.92 Å². The summed E-state index contributed by atoms with van der Waals surface area (Å²) in [6, 6.07) is 12.8. The molecule has 0 radical (unpaired) electrons. The van der Waals surface area contributed by atoms with Crippen LogP contribution in [0.25, 0.3) is 0 Å². The summed E-state index contributed by atoms with van der Waals surface area (Å²) in [7, 11) is -3.75. The first-order valence-electron chi connectivity index (χ1n) is 10.0. The maximum Gasteiger partial charge on any atom is 0.241 e. The van der Waals surface area contributed by atoms with E-state index in [2.05, 4.69) is 15.1 Å². The van der Waals surface area contributed by atoms with E-state index in [9.17, 15) is 13.2 Å². The normalized spacial score (nSPS) is 16.6. The lowest BCUT2D eigenvalue weighted by atomic mass is 10.2. The molecule has 0 unspecified atom stereocenters. The number of nitrogens with one attached hydrogen (secondary N) is 1. The second-order valence-corrected chi connectivity index (χ2v) is 9.41. The van der Waals surface area contributed by atoms with Crippen LogP contribution < -0.4 is 15.2 Å². The van der Waals surface area contributed by atoms with E-state index in [-0.39, 0.29) is 16.8 Å². The number of amides is 1. The molecule has 0 aliphatic carbocycles. The highest BCUT2D eigenvalue weighted by Gasteiger charge is 2.25. The Labute approximate surface area is 188 Å². The molecule has 1 amide bonds. The van der Waals surface area contributed by atoms with Crippen molar-refractivity contribution in [1.82, 2.24) is 9.80 Å². The molecule has 31 heavy (non-hydrogen) atoms. The van der Waals surface area contributed by atoms with Crippen molar-refractivity contribution in [1.29, 1.82) is 0 Å². The summed E-state index contributed by atoms with van der Waals surface area (Å²) >= 11 is 5.87. The monoisotopic (exact) mass is 466 g/mol. The van der Waals surface area contributed by atoms with Crippen LogP contribution >= 0.6 is 11.6 Å². The lowest BCUT2D eigenvalue weighted by Crippen LogP contribution is -2.53. The topological polar surface area (TPSA) is 105 Å². The number of rotatable bonds is 8. The van der Waals surface area contributed by atoms with E-state index in [4.69, 9.17) is 21.5 Å². The van der Waals surface area contributed by atoms with Gasteiger partial charge in [0.15, 0.2) is 0 Å². The fourth-order valence-corrected chi connectivity index (χ4v) is 3.98. The number of carbonyl (C=O) groups excluding carboxylic acids is 1. The molecule has 10 heteroatoms. The minimum atomic E-state index is -3.75. The third kappa shape index (κ3) is 6.91. The average Bonchev–Trinajstić information content (AvgIpc) is 2.75. The first-order chi connectivity index (χ1) is 14.7. The van der Waals surface area contributed by atoms with Gasteiger partial charge >= 0.3 is 0 Å².